The minimum Gasteiger partial charge on any atom is -0.458 e. The van der Waals surface area contributed by atoms with Gasteiger partial charge in [0.2, 0.25) is 0 Å². The van der Waals surface area contributed by atoms with Gasteiger partial charge >= 0.3 is 36.4 Å². The first-order valence-electron chi connectivity index (χ1n) is 12.7. The number of rotatable bonds is 11. The van der Waals surface area contributed by atoms with Crippen molar-refractivity contribution in [2.24, 2.45) is 0 Å². The quantitative estimate of drug-likeness (QED) is 0.166. The van der Waals surface area contributed by atoms with Crippen molar-refractivity contribution in [2.75, 3.05) is 34.5 Å². The monoisotopic (exact) mass is 626 g/mol. The number of hydrogen-bond acceptors (Lipinski definition) is 15. The van der Waals surface area contributed by atoms with Crippen LogP contribution in [-0.2, 0) is 28.4 Å². The molecular weight excluding hydrogens is 600 g/mol. The molecule has 0 N–H and O–H groups in total. The Morgan fingerprint density at radius 2 is 0.756 bits per heavy atom. The van der Waals surface area contributed by atoms with Crippen molar-refractivity contribution in [1.82, 2.24) is 0 Å². The molecule has 0 heterocycles. The molecule has 0 saturated carbocycles. The first-order valence-corrected chi connectivity index (χ1v) is 12.7. The summed E-state index contributed by atoms with van der Waals surface area (Å²) >= 11 is 0. The van der Waals surface area contributed by atoms with E-state index in [-0.39, 0.29) is 33.9 Å². The summed E-state index contributed by atoms with van der Waals surface area (Å²) in [6, 6.07) is 15.9. The number of benzene rings is 3. The molecule has 3 aromatic rings. The number of esters is 3. The maximum Gasteiger partial charge on any atom is 0.513 e. The Balaban J connectivity index is 1.67. The lowest BCUT2D eigenvalue weighted by molar-refractivity contribution is -0.0253. The lowest BCUT2D eigenvalue weighted by Crippen LogP contribution is -2.31. The maximum atomic E-state index is 12.8. The van der Waals surface area contributed by atoms with Gasteiger partial charge in [-0.2, -0.15) is 0 Å². The number of ether oxygens (including phenoxy) is 9. The van der Waals surface area contributed by atoms with Crippen LogP contribution in [0.1, 0.15) is 31.1 Å². The fourth-order valence-corrected chi connectivity index (χ4v) is 3.23. The van der Waals surface area contributed by atoms with Gasteiger partial charge in [-0.3, -0.25) is 0 Å². The second-order valence-electron chi connectivity index (χ2n) is 8.47. The van der Waals surface area contributed by atoms with Crippen molar-refractivity contribution in [1.29, 1.82) is 0 Å². The average molecular weight is 627 g/mol. The van der Waals surface area contributed by atoms with Gasteiger partial charge in [-0.25, -0.2) is 28.8 Å². The van der Waals surface area contributed by atoms with Crippen molar-refractivity contribution >= 4 is 36.4 Å². The predicted molar refractivity (Wildman–Crippen MR) is 148 cm³/mol. The normalized spacial score (nSPS) is 10.1. The first-order chi connectivity index (χ1) is 21.6. The molecule has 0 radical (unpaired) electrons. The molecule has 0 aliphatic carbocycles. The van der Waals surface area contributed by atoms with Crippen LogP contribution in [-0.4, -0.2) is 77.0 Å². The van der Waals surface area contributed by atoms with Gasteiger partial charge in [0.05, 0.1) is 38.0 Å². The molecule has 0 aliphatic heterocycles. The van der Waals surface area contributed by atoms with Crippen LogP contribution in [0.5, 0.6) is 17.2 Å². The van der Waals surface area contributed by atoms with E-state index in [0.29, 0.717) is 0 Å². The zero-order chi connectivity index (χ0) is 32.8. The Bertz CT molecular complexity index is 1420. The van der Waals surface area contributed by atoms with Crippen LogP contribution in [0, 0.1) is 0 Å². The lowest BCUT2D eigenvalue weighted by atomic mass is 10.2. The van der Waals surface area contributed by atoms with Gasteiger partial charge in [0, 0.05) is 0 Å². The van der Waals surface area contributed by atoms with Gasteiger partial charge in [-0.15, -0.1) is 0 Å². The molecule has 0 saturated heterocycles. The molecule has 0 atom stereocenters. The molecule has 3 rings (SSSR count). The molecule has 0 spiro atoms. The molecule has 0 amide bonds. The van der Waals surface area contributed by atoms with E-state index in [4.69, 9.17) is 28.4 Å². The molecule has 0 fully saturated rings. The molecule has 3 aromatic carbocycles. The van der Waals surface area contributed by atoms with E-state index in [1.54, 1.807) is 0 Å². The summed E-state index contributed by atoms with van der Waals surface area (Å²) in [5.74, 6) is -2.18. The van der Waals surface area contributed by atoms with Gasteiger partial charge in [0.1, 0.15) is 30.5 Å². The Hall–Kier alpha value is -6.12. The van der Waals surface area contributed by atoms with Crippen LogP contribution < -0.4 is 14.2 Å². The van der Waals surface area contributed by atoms with Crippen LogP contribution in [0.4, 0.5) is 14.4 Å². The van der Waals surface area contributed by atoms with Gasteiger partial charge in [-0.1, -0.05) is 0 Å². The van der Waals surface area contributed by atoms with Crippen molar-refractivity contribution < 1.29 is 71.4 Å². The molecule has 0 unspecified atom stereocenters. The Kier molecular flexibility index (Phi) is 12.2. The second-order valence-corrected chi connectivity index (χ2v) is 8.47. The van der Waals surface area contributed by atoms with Crippen molar-refractivity contribution in [3.05, 3.63) is 89.5 Å². The number of methoxy groups -OCH3 is 3. The minimum absolute atomic E-state index is 0.0391. The van der Waals surface area contributed by atoms with Crippen LogP contribution >= 0.6 is 0 Å². The summed E-state index contributed by atoms with van der Waals surface area (Å²) in [4.78, 5) is 71.9. The molecular formula is C30H26O15. The summed E-state index contributed by atoms with van der Waals surface area (Å²) in [6.07, 6.45) is -4.10. The van der Waals surface area contributed by atoms with E-state index in [0.717, 1.165) is 21.3 Å². The molecule has 236 valence electrons. The van der Waals surface area contributed by atoms with Crippen LogP contribution in [0.15, 0.2) is 72.8 Å². The van der Waals surface area contributed by atoms with Gasteiger partial charge in [0.25, 0.3) is 0 Å². The van der Waals surface area contributed by atoms with Crippen molar-refractivity contribution in [3.8, 4) is 17.2 Å². The largest absolute Gasteiger partial charge is 0.513 e. The van der Waals surface area contributed by atoms with E-state index in [1.807, 2.05) is 0 Å². The number of hydrogen-bond donors (Lipinski definition) is 0. The Morgan fingerprint density at radius 3 is 1.04 bits per heavy atom. The van der Waals surface area contributed by atoms with E-state index in [9.17, 15) is 28.8 Å². The third kappa shape index (κ3) is 10.6. The van der Waals surface area contributed by atoms with Crippen molar-refractivity contribution in [2.45, 2.75) is 6.10 Å². The van der Waals surface area contributed by atoms with Crippen molar-refractivity contribution in [3.63, 3.8) is 0 Å². The van der Waals surface area contributed by atoms with Crippen LogP contribution in [0.2, 0.25) is 0 Å². The minimum atomic E-state index is -1.26. The SMILES string of the molecule is COC(=O)Oc1ccc(C(=O)OCC(COC(=O)c2ccc(OC(=O)OC)cc2)OC(=O)c2ccc(OC(=O)OC)cc2)cc1. The Morgan fingerprint density at radius 1 is 0.467 bits per heavy atom. The standard InChI is InChI=1S/C30H26O15/c1-37-28(34)43-21-10-4-18(5-11-21)25(31)40-16-24(42-27(33)20-8-14-23(15-9-20)45-30(36)39-3)17-41-26(32)19-6-12-22(13-7-19)44-29(35)38-2/h4-15,24H,16-17H2,1-3H3. The zero-order valence-corrected chi connectivity index (χ0v) is 24.0. The summed E-state index contributed by atoms with van der Waals surface area (Å²) in [7, 11) is 3.42. The van der Waals surface area contributed by atoms with Crippen LogP contribution in [0.25, 0.3) is 0 Å². The third-order valence-electron chi connectivity index (χ3n) is 5.45. The summed E-state index contributed by atoms with van der Waals surface area (Å²) < 4.78 is 43.8. The fourth-order valence-electron chi connectivity index (χ4n) is 3.23. The Labute approximate surface area is 255 Å². The highest BCUT2D eigenvalue weighted by atomic mass is 16.7. The highest BCUT2D eigenvalue weighted by molar-refractivity contribution is 5.91. The number of carbonyl (C=O) groups excluding carboxylic acids is 6. The smallest absolute Gasteiger partial charge is 0.458 e. The molecule has 45 heavy (non-hydrogen) atoms. The van der Waals surface area contributed by atoms with Gasteiger partial charge in [0.15, 0.2) is 6.10 Å². The van der Waals surface area contributed by atoms with E-state index < -0.39 is 55.7 Å². The van der Waals surface area contributed by atoms with Crippen LogP contribution in [0.3, 0.4) is 0 Å². The van der Waals surface area contributed by atoms with E-state index in [1.165, 1.54) is 72.8 Å². The molecule has 0 aromatic heterocycles. The lowest BCUT2D eigenvalue weighted by Gasteiger charge is -2.18. The highest BCUT2D eigenvalue weighted by Gasteiger charge is 2.22. The summed E-state index contributed by atoms with van der Waals surface area (Å²) in [5.41, 5.74) is 0.187. The number of carbonyl (C=O) groups is 6. The molecule has 0 aliphatic rings. The second kappa shape index (κ2) is 16.5. The summed E-state index contributed by atoms with van der Waals surface area (Å²) in [5, 5.41) is 0. The molecule has 15 nitrogen and oxygen atoms in total. The van der Waals surface area contributed by atoms with Gasteiger partial charge < -0.3 is 42.6 Å². The van der Waals surface area contributed by atoms with E-state index in [2.05, 4.69) is 14.2 Å². The molecule has 15 heteroatoms. The fraction of sp³-hybridized carbons (Fsp3) is 0.200. The molecule has 0 bridgehead atoms. The first kappa shape index (κ1) is 33.4. The zero-order valence-electron chi connectivity index (χ0n) is 24.0. The highest BCUT2D eigenvalue weighted by Crippen LogP contribution is 2.17. The topological polar surface area (TPSA) is 185 Å². The van der Waals surface area contributed by atoms with E-state index >= 15 is 0 Å². The average Bonchev–Trinajstić information content (AvgIpc) is 3.06. The van der Waals surface area contributed by atoms with Gasteiger partial charge in [-0.05, 0) is 72.8 Å². The third-order valence-corrected chi connectivity index (χ3v) is 5.45. The predicted octanol–water partition coefficient (Wildman–Crippen LogP) is 4.36. The summed E-state index contributed by atoms with van der Waals surface area (Å²) in [6.45, 7) is -1.04. The maximum absolute atomic E-state index is 12.8.